The minimum atomic E-state index is -3.81. The van der Waals surface area contributed by atoms with Crippen LogP contribution in [0.5, 0.6) is 5.75 Å². The molecule has 3 aromatic rings. The first-order chi connectivity index (χ1) is 14.3. The Balaban J connectivity index is 1.89. The van der Waals surface area contributed by atoms with Crippen LogP contribution >= 0.6 is 23.2 Å². The van der Waals surface area contributed by atoms with Gasteiger partial charge in [0, 0.05) is 23.1 Å². The van der Waals surface area contributed by atoms with Crippen LogP contribution in [-0.4, -0.2) is 26.4 Å². The van der Waals surface area contributed by atoms with Crippen molar-refractivity contribution in [3.63, 3.8) is 0 Å². The molecule has 0 fully saturated rings. The number of hydrogen-bond donors (Lipinski definition) is 0. The number of rotatable bonds is 8. The van der Waals surface area contributed by atoms with Gasteiger partial charge in [-0.25, -0.2) is 12.8 Å². The molecule has 30 heavy (non-hydrogen) atoms. The molecule has 0 aliphatic heterocycles. The standard InChI is InChI=1S/C22H20Cl2FNO3S/c1-29-20-8-10-21(11-9-20)30(27,28)26(15-16-2-6-19(25)7-3-16)13-12-17-4-5-18(23)14-22(17)24/h2-11,14H,12-13,15H2,1H3. The molecule has 0 N–H and O–H groups in total. The second kappa shape index (κ2) is 9.79. The van der Waals surface area contributed by atoms with E-state index in [-0.39, 0.29) is 23.8 Å². The molecule has 0 saturated heterocycles. The van der Waals surface area contributed by atoms with Crippen LogP contribution in [0.2, 0.25) is 10.0 Å². The second-order valence-electron chi connectivity index (χ2n) is 6.63. The van der Waals surface area contributed by atoms with Gasteiger partial charge in [0.2, 0.25) is 10.0 Å². The maximum atomic E-state index is 13.3. The third kappa shape index (κ3) is 5.52. The molecule has 0 spiro atoms. The summed E-state index contributed by atoms with van der Waals surface area (Å²) in [6.45, 7) is 0.285. The van der Waals surface area contributed by atoms with Gasteiger partial charge in [-0.3, -0.25) is 0 Å². The molecule has 3 aromatic carbocycles. The molecule has 0 aliphatic rings. The Kier molecular flexibility index (Phi) is 7.36. The Bertz CT molecular complexity index is 1100. The molecule has 158 valence electrons. The van der Waals surface area contributed by atoms with Crippen molar-refractivity contribution in [3.8, 4) is 5.75 Å². The highest BCUT2D eigenvalue weighted by Gasteiger charge is 2.25. The van der Waals surface area contributed by atoms with Crippen molar-refractivity contribution >= 4 is 33.2 Å². The highest BCUT2D eigenvalue weighted by Crippen LogP contribution is 2.25. The summed E-state index contributed by atoms with van der Waals surface area (Å²) in [6, 6.07) is 17.1. The monoisotopic (exact) mass is 467 g/mol. The van der Waals surface area contributed by atoms with Crippen LogP contribution in [0.4, 0.5) is 4.39 Å². The second-order valence-corrected chi connectivity index (χ2v) is 9.41. The third-order valence-electron chi connectivity index (χ3n) is 4.62. The molecule has 0 aromatic heterocycles. The highest BCUT2D eigenvalue weighted by molar-refractivity contribution is 7.89. The maximum absolute atomic E-state index is 13.3. The first-order valence-corrected chi connectivity index (χ1v) is 11.3. The van der Waals surface area contributed by atoms with Gasteiger partial charge in [-0.05, 0) is 66.1 Å². The summed E-state index contributed by atoms with van der Waals surface area (Å²) in [5.74, 6) is 0.184. The van der Waals surface area contributed by atoms with Crippen molar-refractivity contribution in [2.45, 2.75) is 17.9 Å². The van der Waals surface area contributed by atoms with Crippen molar-refractivity contribution in [2.75, 3.05) is 13.7 Å². The lowest BCUT2D eigenvalue weighted by Gasteiger charge is -2.23. The van der Waals surface area contributed by atoms with E-state index >= 15 is 0 Å². The fourth-order valence-electron chi connectivity index (χ4n) is 2.94. The molecule has 0 heterocycles. The number of halogens is 3. The fraction of sp³-hybridized carbons (Fsp3) is 0.182. The first-order valence-electron chi connectivity index (χ1n) is 9.12. The van der Waals surface area contributed by atoms with Gasteiger partial charge in [0.05, 0.1) is 12.0 Å². The number of hydrogen-bond acceptors (Lipinski definition) is 3. The molecule has 0 saturated carbocycles. The Morgan fingerprint density at radius 2 is 1.63 bits per heavy atom. The predicted molar refractivity (Wildman–Crippen MR) is 117 cm³/mol. The molecular weight excluding hydrogens is 448 g/mol. The van der Waals surface area contributed by atoms with E-state index in [9.17, 15) is 12.8 Å². The third-order valence-corrected chi connectivity index (χ3v) is 7.06. The van der Waals surface area contributed by atoms with Crippen LogP contribution in [-0.2, 0) is 23.0 Å². The van der Waals surface area contributed by atoms with Gasteiger partial charge in [0.1, 0.15) is 11.6 Å². The summed E-state index contributed by atoms with van der Waals surface area (Å²) in [6.07, 6.45) is 0.395. The topological polar surface area (TPSA) is 46.6 Å². The van der Waals surface area contributed by atoms with Gasteiger partial charge in [-0.15, -0.1) is 0 Å². The molecule has 0 aliphatic carbocycles. The van der Waals surface area contributed by atoms with Gasteiger partial charge in [0.15, 0.2) is 0 Å². The summed E-state index contributed by atoms with van der Waals surface area (Å²) in [7, 11) is -2.30. The summed E-state index contributed by atoms with van der Waals surface area (Å²) < 4.78 is 46.4. The normalized spacial score (nSPS) is 11.6. The summed E-state index contributed by atoms with van der Waals surface area (Å²) in [5, 5.41) is 0.990. The Labute approximate surface area is 185 Å². The Hall–Kier alpha value is -2.12. The van der Waals surface area contributed by atoms with Crippen molar-refractivity contribution in [1.29, 1.82) is 0 Å². The lowest BCUT2D eigenvalue weighted by molar-refractivity contribution is 0.407. The number of methoxy groups -OCH3 is 1. The first kappa shape index (κ1) is 22.6. The quantitative estimate of drug-likeness (QED) is 0.434. The minimum absolute atomic E-state index is 0.0971. The molecule has 0 atom stereocenters. The molecule has 4 nitrogen and oxygen atoms in total. The van der Waals surface area contributed by atoms with Crippen molar-refractivity contribution in [3.05, 3.63) is 93.7 Å². The smallest absolute Gasteiger partial charge is 0.243 e. The summed E-state index contributed by atoms with van der Waals surface area (Å²) in [4.78, 5) is 0.146. The molecule has 3 rings (SSSR count). The van der Waals surface area contributed by atoms with Crippen molar-refractivity contribution in [2.24, 2.45) is 0 Å². The molecule has 0 unspecified atom stereocenters. The van der Waals surface area contributed by atoms with E-state index in [2.05, 4.69) is 0 Å². The minimum Gasteiger partial charge on any atom is -0.497 e. The number of sulfonamides is 1. The average molecular weight is 468 g/mol. The van der Waals surface area contributed by atoms with E-state index in [4.69, 9.17) is 27.9 Å². The maximum Gasteiger partial charge on any atom is 0.243 e. The van der Waals surface area contributed by atoms with Crippen LogP contribution in [0.15, 0.2) is 71.6 Å². The van der Waals surface area contributed by atoms with E-state index < -0.39 is 10.0 Å². The van der Waals surface area contributed by atoms with Crippen LogP contribution < -0.4 is 4.74 Å². The van der Waals surface area contributed by atoms with E-state index in [1.54, 1.807) is 42.5 Å². The molecular formula is C22H20Cl2FNO3S. The van der Waals surface area contributed by atoms with Crippen LogP contribution in [0.3, 0.4) is 0 Å². The summed E-state index contributed by atoms with van der Waals surface area (Å²) >= 11 is 12.2. The molecule has 0 bridgehead atoms. The van der Waals surface area contributed by atoms with Crippen LogP contribution in [0.1, 0.15) is 11.1 Å². The molecule has 0 amide bonds. The van der Waals surface area contributed by atoms with E-state index in [0.29, 0.717) is 27.8 Å². The fourth-order valence-corrected chi connectivity index (χ4v) is 4.88. The van der Waals surface area contributed by atoms with E-state index in [1.165, 1.54) is 35.7 Å². The van der Waals surface area contributed by atoms with Crippen molar-refractivity contribution in [1.82, 2.24) is 4.31 Å². The van der Waals surface area contributed by atoms with E-state index in [1.807, 2.05) is 0 Å². The Morgan fingerprint density at radius 3 is 2.23 bits per heavy atom. The average Bonchev–Trinajstić information content (AvgIpc) is 2.73. The zero-order valence-electron chi connectivity index (χ0n) is 16.2. The number of nitrogens with zero attached hydrogens (tertiary/aromatic N) is 1. The zero-order valence-corrected chi connectivity index (χ0v) is 18.5. The van der Waals surface area contributed by atoms with Gasteiger partial charge < -0.3 is 4.74 Å². The highest BCUT2D eigenvalue weighted by atomic mass is 35.5. The van der Waals surface area contributed by atoms with Gasteiger partial charge >= 0.3 is 0 Å². The van der Waals surface area contributed by atoms with Gasteiger partial charge in [0.25, 0.3) is 0 Å². The SMILES string of the molecule is COc1ccc(S(=O)(=O)N(CCc2ccc(Cl)cc2Cl)Cc2ccc(F)cc2)cc1. The predicted octanol–water partition coefficient (Wildman–Crippen LogP) is 5.57. The molecule has 8 heteroatoms. The van der Waals surface area contributed by atoms with E-state index in [0.717, 1.165) is 5.56 Å². The van der Waals surface area contributed by atoms with Crippen LogP contribution in [0, 0.1) is 5.82 Å². The number of ether oxygens (including phenoxy) is 1. The molecule has 0 radical (unpaired) electrons. The van der Waals surface area contributed by atoms with Gasteiger partial charge in [-0.1, -0.05) is 41.4 Å². The summed E-state index contributed by atoms with van der Waals surface area (Å²) in [5.41, 5.74) is 1.46. The lowest BCUT2D eigenvalue weighted by atomic mass is 10.1. The zero-order chi connectivity index (χ0) is 21.7. The lowest BCUT2D eigenvalue weighted by Crippen LogP contribution is -2.32. The Morgan fingerprint density at radius 1 is 0.967 bits per heavy atom. The number of benzene rings is 3. The van der Waals surface area contributed by atoms with Gasteiger partial charge in [-0.2, -0.15) is 4.31 Å². The van der Waals surface area contributed by atoms with Crippen LogP contribution in [0.25, 0.3) is 0 Å². The largest absolute Gasteiger partial charge is 0.497 e. The van der Waals surface area contributed by atoms with Crippen molar-refractivity contribution < 1.29 is 17.5 Å².